The largest absolute Gasteiger partial charge is 0.496 e. The Hall–Kier alpha value is -1.63. The fraction of sp³-hybridized carbons (Fsp3) is 0.125. The Morgan fingerprint density at radius 2 is 2.20 bits per heavy atom. The lowest BCUT2D eigenvalue weighted by Crippen LogP contribution is -2.04. The van der Waals surface area contributed by atoms with Crippen molar-refractivity contribution in [2.24, 2.45) is 0 Å². The van der Waals surface area contributed by atoms with Crippen molar-refractivity contribution in [3.63, 3.8) is 0 Å². The number of nitro groups is 1. The second-order valence-electron chi connectivity index (χ2n) is 2.54. The number of halogens is 1. The van der Waals surface area contributed by atoms with Gasteiger partial charge in [-0.2, -0.15) is 0 Å². The molecule has 0 aliphatic rings. The molecule has 0 bridgehead atoms. The van der Waals surface area contributed by atoms with Gasteiger partial charge in [0.2, 0.25) is 0 Å². The van der Waals surface area contributed by atoms with Gasteiger partial charge in [0.15, 0.2) is 5.56 Å². The first-order chi connectivity index (χ1) is 6.99. The van der Waals surface area contributed by atoms with E-state index in [1.807, 2.05) is 0 Å². The summed E-state index contributed by atoms with van der Waals surface area (Å²) < 4.78 is 4.90. The number of carboxylic acids is 1. The number of benzene rings is 1. The van der Waals surface area contributed by atoms with Gasteiger partial charge in [0.05, 0.1) is 16.5 Å². The molecule has 1 N–H and O–H groups in total. The van der Waals surface area contributed by atoms with Crippen LogP contribution in [0.15, 0.2) is 16.6 Å². The predicted octanol–water partition coefficient (Wildman–Crippen LogP) is 2.06. The highest BCUT2D eigenvalue weighted by molar-refractivity contribution is 9.10. The van der Waals surface area contributed by atoms with Crippen molar-refractivity contribution >= 4 is 27.6 Å². The lowest BCUT2D eigenvalue weighted by molar-refractivity contribution is -0.385. The molecule has 0 aliphatic heterocycles. The Morgan fingerprint density at radius 3 is 2.60 bits per heavy atom. The zero-order chi connectivity index (χ0) is 11.6. The first kappa shape index (κ1) is 11.4. The summed E-state index contributed by atoms with van der Waals surface area (Å²) in [4.78, 5) is 20.6. The molecule has 0 amide bonds. The quantitative estimate of drug-likeness (QED) is 0.674. The number of methoxy groups -OCH3 is 1. The Morgan fingerprint density at radius 1 is 1.60 bits per heavy atom. The van der Waals surface area contributed by atoms with Gasteiger partial charge in [0, 0.05) is 6.07 Å². The summed E-state index contributed by atoms with van der Waals surface area (Å²) in [5.74, 6) is -1.15. The van der Waals surface area contributed by atoms with Gasteiger partial charge < -0.3 is 9.84 Å². The summed E-state index contributed by atoms with van der Waals surface area (Å²) in [6.45, 7) is 0. The Balaban J connectivity index is 3.51. The van der Waals surface area contributed by atoms with Crippen LogP contribution in [0.25, 0.3) is 0 Å². The molecule has 0 fully saturated rings. The van der Waals surface area contributed by atoms with Crippen molar-refractivity contribution in [2.75, 3.05) is 7.11 Å². The number of aromatic carboxylic acids is 1. The monoisotopic (exact) mass is 275 g/mol. The summed E-state index contributed by atoms with van der Waals surface area (Å²) in [7, 11) is 1.34. The molecule has 0 radical (unpaired) electrons. The molecular weight excluding hydrogens is 270 g/mol. The van der Waals surface area contributed by atoms with Crippen LogP contribution in [-0.4, -0.2) is 23.1 Å². The van der Waals surface area contributed by atoms with E-state index in [9.17, 15) is 14.9 Å². The molecular formula is C8H6BrNO5. The fourth-order valence-corrected chi connectivity index (χ4v) is 1.73. The van der Waals surface area contributed by atoms with Gasteiger partial charge in [-0.05, 0) is 22.0 Å². The topological polar surface area (TPSA) is 89.7 Å². The van der Waals surface area contributed by atoms with E-state index in [1.54, 1.807) is 0 Å². The van der Waals surface area contributed by atoms with Crippen LogP contribution < -0.4 is 4.74 Å². The van der Waals surface area contributed by atoms with E-state index in [0.29, 0.717) is 0 Å². The molecule has 0 saturated heterocycles. The van der Waals surface area contributed by atoms with Crippen LogP contribution in [0.1, 0.15) is 10.4 Å². The normalized spacial score (nSPS) is 9.73. The summed E-state index contributed by atoms with van der Waals surface area (Å²) in [5, 5.41) is 19.4. The molecule has 15 heavy (non-hydrogen) atoms. The van der Waals surface area contributed by atoms with E-state index in [0.717, 1.165) is 6.07 Å². The molecule has 0 atom stereocenters. The fourth-order valence-electron chi connectivity index (χ4n) is 1.06. The molecule has 0 aliphatic carbocycles. The molecule has 1 aromatic rings. The van der Waals surface area contributed by atoms with Crippen LogP contribution in [0.5, 0.6) is 5.75 Å². The zero-order valence-electron chi connectivity index (χ0n) is 7.56. The first-order valence-corrected chi connectivity index (χ1v) is 4.52. The Bertz CT molecular complexity index is 431. The first-order valence-electron chi connectivity index (χ1n) is 3.73. The molecule has 1 rings (SSSR count). The smallest absolute Gasteiger partial charge is 0.344 e. The van der Waals surface area contributed by atoms with Gasteiger partial charge in [-0.25, -0.2) is 4.79 Å². The summed E-state index contributed by atoms with van der Waals surface area (Å²) >= 11 is 2.95. The van der Waals surface area contributed by atoms with Crippen molar-refractivity contribution in [3.05, 3.63) is 32.3 Å². The SMILES string of the molecule is COc1ccc([N+](=O)[O-])c(C(=O)O)c1Br. The minimum Gasteiger partial charge on any atom is -0.496 e. The van der Waals surface area contributed by atoms with Crippen LogP contribution in [0.4, 0.5) is 5.69 Å². The van der Waals surface area contributed by atoms with Crippen molar-refractivity contribution in [2.45, 2.75) is 0 Å². The lowest BCUT2D eigenvalue weighted by Gasteiger charge is -2.05. The highest BCUT2D eigenvalue weighted by Crippen LogP contribution is 2.34. The Labute approximate surface area is 92.8 Å². The van der Waals surface area contributed by atoms with Crippen molar-refractivity contribution < 1.29 is 19.6 Å². The van der Waals surface area contributed by atoms with Crippen molar-refractivity contribution in [1.29, 1.82) is 0 Å². The molecule has 7 heteroatoms. The van der Waals surface area contributed by atoms with E-state index in [2.05, 4.69) is 15.9 Å². The number of nitro benzene ring substituents is 1. The number of ether oxygens (including phenoxy) is 1. The van der Waals surface area contributed by atoms with Crippen LogP contribution in [0.2, 0.25) is 0 Å². The molecule has 80 valence electrons. The maximum Gasteiger partial charge on any atom is 0.344 e. The molecule has 1 aromatic carbocycles. The van der Waals surface area contributed by atoms with Gasteiger partial charge in [-0.1, -0.05) is 0 Å². The molecule has 0 saturated carbocycles. The van der Waals surface area contributed by atoms with Crippen LogP contribution >= 0.6 is 15.9 Å². The summed E-state index contributed by atoms with van der Waals surface area (Å²) in [6, 6.07) is 2.42. The minimum atomic E-state index is -1.38. The molecule has 6 nitrogen and oxygen atoms in total. The number of hydrogen-bond donors (Lipinski definition) is 1. The summed E-state index contributed by atoms with van der Waals surface area (Å²) in [6.07, 6.45) is 0. The lowest BCUT2D eigenvalue weighted by atomic mass is 10.1. The summed E-state index contributed by atoms with van der Waals surface area (Å²) in [5.41, 5.74) is -0.894. The zero-order valence-corrected chi connectivity index (χ0v) is 9.15. The van der Waals surface area contributed by atoms with E-state index >= 15 is 0 Å². The van der Waals surface area contributed by atoms with E-state index < -0.39 is 22.1 Å². The third-order valence-electron chi connectivity index (χ3n) is 1.72. The average Bonchev–Trinajstić information content (AvgIpc) is 2.16. The minimum absolute atomic E-state index is 0.0618. The van der Waals surface area contributed by atoms with Gasteiger partial charge >= 0.3 is 5.97 Å². The number of carbonyl (C=O) groups is 1. The average molecular weight is 276 g/mol. The standard InChI is InChI=1S/C8H6BrNO5/c1-15-5-3-2-4(10(13)14)6(7(5)9)8(11)12/h2-3H,1H3,(H,11,12). The van der Waals surface area contributed by atoms with Crippen molar-refractivity contribution in [3.8, 4) is 5.75 Å². The van der Waals surface area contributed by atoms with Crippen LogP contribution in [-0.2, 0) is 0 Å². The Kier molecular flexibility index (Phi) is 3.25. The van der Waals surface area contributed by atoms with Gasteiger partial charge in [0.1, 0.15) is 5.75 Å². The highest BCUT2D eigenvalue weighted by Gasteiger charge is 2.25. The molecule has 0 unspecified atom stereocenters. The predicted molar refractivity (Wildman–Crippen MR) is 54.3 cm³/mol. The maximum absolute atomic E-state index is 10.8. The molecule has 0 spiro atoms. The second kappa shape index (κ2) is 4.26. The van der Waals surface area contributed by atoms with E-state index in [-0.39, 0.29) is 10.2 Å². The number of nitrogens with zero attached hydrogens (tertiary/aromatic N) is 1. The van der Waals surface area contributed by atoms with Crippen LogP contribution in [0, 0.1) is 10.1 Å². The third kappa shape index (κ3) is 2.07. The number of hydrogen-bond acceptors (Lipinski definition) is 4. The van der Waals surface area contributed by atoms with Gasteiger partial charge in [-0.15, -0.1) is 0 Å². The maximum atomic E-state index is 10.8. The number of rotatable bonds is 3. The van der Waals surface area contributed by atoms with Crippen molar-refractivity contribution in [1.82, 2.24) is 0 Å². The highest BCUT2D eigenvalue weighted by atomic mass is 79.9. The van der Waals surface area contributed by atoms with E-state index in [4.69, 9.17) is 9.84 Å². The third-order valence-corrected chi connectivity index (χ3v) is 2.50. The molecule has 0 aromatic heterocycles. The second-order valence-corrected chi connectivity index (χ2v) is 3.33. The van der Waals surface area contributed by atoms with Gasteiger partial charge in [-0.3, -0.25) is 10.1 Å². The number of carboxylic acid groups (broad SMARTS) is 1. The van der Waals surface area contributed by atoms with Gasteiger partial charge in [0.25, 0.3) is 5.69 Å². The van der Waals surface area contributed by atoms with E-state index in [1.165, 1.54) is 13.2 Å². The van der Waals surface area contributed by atoms with Crippen LogP contribution in [0.3, 0.4) is 0 Å². The molecule has 0 heterocycles.